The monoisotopic (exact) mass is 450 g/mol. The maximum absolute atomic E-state index is 12.8. The molecule has 170 valence electrons. The van der Waals surface area contributed by atoms with Crippen LogP contribution in [0.15, 0.2) is 53.4 Å². The van der Waals surface area contributed by atoms with Crippen LogP contribution in [0.2, 0.25) is 0 Å². The van der Waals surface area contributed by atoms with Gasteiger partial charge in [0.2, 0.25) is 10.0 Å². The molecule has 3 rings (SSSR count). The largest absolute Gasteiger partial charge is 0.490 e. The fraction of sp³-hybridized carbons (Fsp3) is 0.455. The summed E-state index contributed by atoms with van der Waals surface area (Å²) in [6, 6.07) is 13.6. The van der Waals surface area contributed by atoms with E-state index in [0.29, 0.717) is 31.3 Å². The number of nitrogens with zero attached hydrogens (tertiary/aromatic N) is 1. The first-order valence-corrected chi connectivity index (χ1v) is 11.8. The van der Waals surface area contributed by atoms with Gasteiger partial charge in [0.25, 0.3) is 0 Å². The van der Waals surface area contributed by atoms with Crippen LogP contribution in [-0.2, 0) is 16.6 Å². The van der Waals surface area contributed by atoms with E-state index in [9.17, 15) is 18.6 Å². The number of benzene rings is 2. The van der Waals surface area contributed by atoms with Gasteiger partial charge in [0, 0.05) is 26.2 Å². The Morgan fingerprint density at radius 2 is 1.77 bits per heavy atom. The predicted molar refractivity (Wildman–Crippen MR) is 117 cm³/mol. The van der Waals surface area contributed by atoms with Crippen molar-refractivity contribution >= 4 is 10.0 Å². The number of ether oxygens (including phenoxy) is 2. The number of nitrogens with one attached hydrogen (secondary N) is 1. The molecule has 0 amide bonds. The Balaban J connectivity index is 1.63. The van der Waals surface area contributed by atoms with Crippen LogP contribution in [0.25, 0.3) is 0 Å². The molecule has 0 aromatic heterocycles. The molecule has 0 saturated carbocycles. The van der Waals surface area contributed by atoms with Crippen molar-refractivity contribution < 1.29 is 28.1 Å². The lowest BCUT2D eigenvalue weighted by atomic mass is 10.0. The van der Waals surface area contributed by atoms with E-state index in [1.54, 1.807) is 18.2 Å². The molecule has 0 radical (unpaired) electrons. The molecule has 0 spiro atoms. The summed E-state index contributed by atoms with van der Waals surface area (Å²) < 4.78 is 37.9. The average molecular weight is 451 g/mol. The minimum atomic E-state index is -3.79. The van der Waals surface area contributed by atoms with Gasteiger partial charge in [0.1, 0.15) is 5.60 Å². The number of aliphatic hydroxyl groups is 2. The molecule has 1 fully saturated rings. The van der Waals surface area contributed by atoms with Crippen LogP contribution in [0.4, 0.5) is 0 Å². The van der Waals surface area contributed by atoms with Crippen LogP contribution in [0.5, 0.6) is 11.5 Å². The first-order valence-electron chi connectivity index (χ1n) is 10.3. The lowest BCUT2D eigenvalue weighted by Crippen LogP contribution is -2.50. The number of β-amino-alcohol motifs (C(OH)–C–C–N with tert-alkyl or cyclic N) is 2. The van der Waals surface area contributed by atoms with Crippen LogP contribution in [0, 0.1) is 0 Å². The van der Waals surface area contributed by atoms with Crippen LogP contribution < -0.4 is 14.8 Å². The average Bonchev–Trinajstić information content (AvgIpc) is 3.06. The van der Waals surface area contributed by atoms with E-state index in [-0.39, 0.29) is 24.5 Å². The molecule has 8 nitrogen and oxygen atoms in total. The van der Waals surface area contributed by atoms with Gasteiger partial charge in [-0.05, 0) is 43.7 Å². The molecule has 2 atom stereocenters. The van der Waals surface area contributed by atoms with E-state index in [1.165, 1.54) is 12.1 Å². The van der Waals surface area contributed by atoms with E-state index >= 15 is 0 Å². The fourth-order valence-electron chi connectivity index (χ4n) is 3.57. The summed E-state index contributed by atoms with van der Waals surface area (Å²) in [4.78, 5) is 0.136. The van der Waals surface area contributed by atoms with Crippen LogP contribution in [0.3, 0.4) is 0 Å². The molecule has 9 heteroatoms. The minimum Gasteiger partial charge on any atom is -0.490 e. The summed E-state index contributed by atoms with van der Waals surface area (Å²) in [6.45, 7) is 4.94. The topological polar surface area (TPSA) is 108 Å². The molecule has 1 aliphatic rings. The lowest BCUT2D eigenvalue weighted by molar-refractivity contribution is -0.0384. The van der Waals surface area contributed by atoms with Crippen molar-refractivity contribution in [1.82, 2.24) is 9.62 Å². The molecular weight excluding hydrogens is 420 g/mol. The number of hydrogen-bond acceptors (Lipinski definition) is 7. The van der Waals surface area contributed by atoms with Gasteiger partial charge in [0.05, 0.1) is 24.2 Å². The van der Waals surface area contributed by atoms with Crippen LogP contribution in [0.1, 0.15) is 19.4 Å². The second kappa shape index (κ2) is 9.97. The number of hydrogen-bond donors (Lipinski definition) is 3. The quantitative estimate of drug-likeness (QED) is 0.502. The Labute approximate surface area is 183 Å². The molecule has 1 aliphatic heterocycles. The summed E-state index contributed by atoms with van der Waals surface area (Å²) in [7, 11) is -3.79. The van der Waals surface area contributed by atoms with Gasteiger partial charge in [-0.25, -0.2) is 8.42 Å². The molecule has 0 bridgehead atoms. The first-order chi connectivity index (χ1) is 14.8. The standard InChI is InChI=1S/C22H30N2O6S/c1-3-29-19-11-10-17(12-20(19)30-4-2)13-23-15-22(26)16-24(14-21(22)25)31(27,28)18-8-6-5-7-9-18/h5-12,21,23,25-26H,3-4,13-16H2,1-2H3/t21-,22+/m1/s1. The number of sulfonamides is 1. The molecule has 2 aromatic carbocycles. The Morgan fingerprint density at radius 3 is 2.45 bits per heavy atom. The van der Waals surface area contributed by atoms with E-state index < -0.39 is 21.7 Å². The summed E-state index contributed by atoms with van der Waals surface area (Å²) in [5.41, 5.74) is -0.674. The minimum absolute atomic E-state index is 0.0339. The van der Waals surface area contributed by atoms with Gasteiger partial charge in [0.15, 0.2) is 11.5 Å². The zero-order valence-corrected chi connectivity index (χ0v) is 18.6. The zero-order valence-electron chi connectivity index (χ0n) is 17.8. The normalized spacial score (nSPS) is 21.9. The molecule has 31 heavy (non-hydrogen) atoms. The summed E-state index contributed by atoms with van der Waals surface area (Å²) >= 11 is 0. The number of rotatable bonds is 10. The first kappa shape index (κ1) is 23.5. The fourth-order valence-corrected chi connectivity index (χ4v) is 5.10. The van der Waals surface area contributed by atoms with Crippen molar-refractivity contribution in [3.63, 3.8) is 0 Å². The maximum Gasteiger partial charge on any atom is 0.243 e. The second-order valence-electron chi connectivity index (χ2n) is 7.48. The molecule has 1 saturated heterocycles. The highest BCUT2D eigenvalue weighted by atomic mass is 32.2. The van der Waals surface area contributed by atoms with E-state index in [2.05, 4.69) is 5.32 Å². The third-order valence-electron chi connectivity index (χ3n) is 5.20. The third kappa shape index (κ3) is 5.36. The van der Waals surface area contributed by atoms with E-state index in [0.717, 1.165) is 9.87 Å². The lowest BCUT2D eigenvalue weighted by Gasteiger charge is -2.26. The van der Waals surface area contributed by atoms with Crippen LogP contribution >= 0.6 is 0 Å². The molecule has 3 N–H and O–H groups in total. The van der Waals surface area contributed by atoms with Crippen molar-refractivity contribution in [3.05, 3.63) is 54.1 Å². The van der Waals surface area contributed by atoms with Crippen molar-refractivity contribution in [3.8, 4) is 11.5 Å². The Bertz CT molecular complexity index is 969. The van der Waals surface area contributed by atoms with Crippen molar-refractivity contribution in [1.29, 1.82) is 0 Å². The van der Waals surface area contributed by atoms with Crippen LogP contribution in [-0.4, -0.2) is 67.5 Å². The Hall–Kier alpha value is -2.17. The Morgan fingerprint density at radius 1 is 1.10 bits per heavy atom. The predicted octanol–water partition coefficient (Wildman–Crippen LogP) is 1.37. The summed E-state index contributed by atoms with van der Waals surface area (Å²) in [5.74, 6) is 1.31. The van der Waals surface area contributed by atoms with Gasteiger partial charge in [-0.3, -0.25) is 0 Å². The SMILES string of the molecule is CCOc1ccc(CNC[C@]2(O)CN(S(=O)(=O)c3ccccc3)C[C@H]2O)cc1OCC. The summed E-state index contributed by atoms with van der Waals surface area (Å²) in [6.07, 6.45) is -1.20. The second-order valence-corrected chi connectivity index (χ2v) is 9.42. The van der Waals surface area contributed by atoms with Crippen molar-refractivity contribution in [2.24, 2.45) is 0 Å². The molecule has 0 aliphatic carbocycles. The smallest absolute Gasteiger partial charge is 0.243 e. The highest BCUT2D eigenvalue weighted by Crippen LogP contribution is 2.29. The summed E-state index contributed by atoms with van der Waals surface area (Å²) in [5, 5.41) is 24.4. The number of aliphatic hydroxyl groups excluding tert-OH is 1. The van der Waals surface area contributed by atoms with Crippen molar-refractivity contribution in [2.75, 3.05) is 32.8 Å². The van der Waals surface area contributed by atoms with Gasteiger partial charge >= 0.3 is 0 Å². The maximum atomic E-state index is 12.8. The highest BCUT2D eigenvalue weighted by molar-refractivity contribution is 7.89. The van der Waals surface area contributed by atoms with Gasteiger partial charge in [-0.2, -0.15) is 4.31 Å². The third-order valence-corrected chi connectivity index (χ3v) is 7.02. The molecule has 1 heterocycles. The van der Waals surface area contributed by atoms with E-state index in [4.69, 9.17) is 9.47 Å². The van der Waals surface area contributed by atoms with Gasteiger partial charge < -0.3 is 25.0 Å². The van der Waals surface area contributed by atoms with Crippen molar-refractivity contribution in [2.45, 2.75) is 37.0 Å². The van der Waals surface area contributed by atoms with E-state index in [1.807, 2.05) is 32.0 Å². The molecule has 2 aromatic rings. The van der Waals surface area contributed by atoms with Gasteiger partial charge in [-0.15, -0.1) is 0 Å². The van der Waals surface area contributed by atoms with Gasteiger partial charge in [-0.1, -0.05) is 24.3 Å². The highest BCUT2D eigenvalue weighted by Gasteiger charge is 2.48. The Kier molecular flexibility index (Phi) is 7.55. The molecule has 0 unspecified atom stereocenters. The zero-order chi connectivity index (χ0) is 22.5. The molecular formula is C22H30N2O6S.